The van der Waals surface area contributed by atoms with E-state index >= 15 is 0 Å². The quantitative estimate of drug-likeness (QED) is 0.798. The number of carbonyl (C=O) groups is 1. The van der Waals surface area contributed by atoms with Gasteiger partial charge in [-0.25, -0.2) is 14.8 Å². The largest absolute Gasteiger partial charge is 0.466 e. The Balaban J connectivity index is 2.04. The maximum absolute atomic E-state index is 11.7. The second-order valence-electron chi connectivity index (χ2n) is 5.44. The molecule has 0 N–H and O–H groups in total. The molecular weight excluding hydrogens is 296 g/mol. The van der Waals surface area contributed by atoms with E-state index in [9.17, 15) is 4.79 Å². The third kappa shape index (κ3) is 3.15. The van der Waals surface area contributed by atoms with E-state index in [1.54, 1.807) is 36.5 Å². The highest BCUT2D eigenvalue weighted by Crippen LogP contribution is 2.32. The summed E-state index contributed by atoms with van der Waals surface area (Å²) in [5.41, 5.74) is 0.203. The lowest BCUT2D eigenvalue weighted by molar-refractivity contribution is 0.0600. The minimum absolute atomic E-state index is 0.348. The zero-order chi connectivity index (χ0) is 16.4. The summed E-state index contributed by atoms with van der Waals surface area (Å²) in [5, 5.41) is 0. The molecule has 0 saturated heterocycles. The van der Waals surface area contributed by atoms with Crippen LogP contribution < -0.4 is 9.47 Å². The number of fused-ring (bicyclic) bond motifs is 1. The highest BCUT2D eigenvalue weighted by Gasteiger charge is 2.30. The number of carbonyl (C=O) groups excluding carboxylic acids is 1. The number of ether oxygens (including phenoxy) is 3. The molecular formula is C17H16N2O4. The number of pyridine rings is 1. The van der Waals surface area contributed by atoms with Crippen molar-refractivity contribution in [2.45, 2.75) is 19.6 Å². The first-order valence-corrected chi connectivity index (χ1v) is 7.09. The Morgan fingerprint density at radius 1 is 1.22 bits per heavy atom. The first-order chi connectivity index (χ1) is 11.0. The van der Waals surface area contributed by atoms with Gasteiger partial charge in [0.15, 0.2) is 5.72 Å². The number of hydrogen-bond donors (Lipinski definition) is 0. The highest BCUT2D eigenvalue weighted by atomic mass is 16.5. The second-order valence-corrected chi connectivity index (χ2v) is 5.44. The molecule has 1 aromatic heterocycles. The van der Waals surface area contributed by atoms with Crippen LogP contribution in [0.25, 0.3) is 0 Å². The molecule has 1 aliphatic rings. The lowest BCUT2D eigenvalue weighted by Crippen LogP contribution is -2.34. The van der Waals surface area contributed by atoms with Gasteiger partial charge in [-0.05, 0) is 38.1 Å². The molecule has 1 aromatic carbocycles. The molecule has 1 aliphatic heterocycles. The van der Waals surface area contributed by atoms with E-state index in [4.69, 9.17) is 14.2 Å². The van der Waals surface area contributed by atoms with E-state index in [0.717, 1.165) is 0 Å². The highest BCUT2D eigenvalue weighted by molar-refractivity contribution is 6.01. The third-order valence-corrected chi connectivity index (χ3v) is 3.20. The standard InChI is InChI=1S/C17H16N2O4/c1-17(2)19-15(22-14-6-4-5-9-18-14)12-10-11(16(20)21-3)7-8-13(12)23-17/h4-10H,1-3H3. The van der Waals surface area contributed by atoms with Crippen molar-refractivity contribution in [1.29, 1.82) is 0 Å². The van der Waals surface area contributed by atoms with Crippen molar-refractivity contribution in [2.24, 2.45) is 4.99 Å². The molecule has 0 aliphatic carbocycles. The molecule has 118 valence electrons. The van der Waals surface area contributed by atoms with Gasteiger partial charge in [0, 0.05) is 12.3 Å². The van der Waals surface area contributed by atoms with Crippen LogP contribution in [-0.4, -0.2) is 29.7 Å². The van der Waals surface area contributed by atoms with Crippen molar-refractivity contribution in [3.63, 3.8) is 0 Å². The Bertz CT molecular complexity index is 769. The maximum Gasteiger partial charge on any atom is 0.337 e. The summed E-state index contributed by atoms with van der Waals surface area (Å²) in [6.07, 6.45) is 1.63. The van der Waals surface area contributed by atoms with Crippen LogP contribution in [0.5, 0.6) is 11.6 Å². The van der Waals surface area contributed by atoms with Gasteiger partial charge in [-0.15, -0.1) is 0 Å². The monoisotopic (exact) mass is 312 g/mol. The number of methoxy groups -OCH3 is 1. The molecule has 2 heterocycles. The summed E-state index contributed by atoms with van der Waals surface area (Å²) < 4.78 is 16.4. The lowest BCUT2D eigenvalue weighted by atomic mass is 10.1. The molecule has 0 fully saturated rings. The summed E-state index contributed by atoms with van der Waals surface area (Å²) in [5.74, 6) is 0.914. The number of esters is 1. The van der Waals surface area contributed by atoms with E-state index in [0.29, 0.717) is 28.7 Å². The molecule has 6 heteroatoms. The number of nitrogens with zero attached hydrogens (tertiary/aromatic N) is 2. The van der Waals surface area contributed by atoms with E-state index in [1.165, 1.54) is 7.11 Å². The fourth-order valence-electron chi connectivity index (χ4n) is 2.21. The molecule has 0 atom stereocenters. The maximum atomic E-state index is 11.7. The average molecular weight is 312 g/mol. The van der Waals surface area contributed by atoms with Crippen LogP contribution in [0.2, 0.25) is 0 Å². The first-order valence-electron chi connectivity index (χ1n) is 7.09. The number of benzene rings is 1. The van der Waals surface area contributed by atoms with Gasteiger partial charge in [0.05, 0.1) is 18.2 Å². The molecule has 0 spiro atoms. The minimum Gasteiger partial charge on any atom is -0.466 e. The molecule has 0 bridgehead atoms. The van der Waals surface area contributed by atoms with Crippen molar-refractivity contribution < 1.29 is 19.0 Å². The van der Waals surface area contributed by atoms with E-state index in [2.05, 4.69) is 9.98 Å². The topological polar surface area (TPSA) is 70.0 Å². The van der Waals surface area contributed by atoms with Gasteiger partial charge in [-0.2, -0.15) is 0 Å². The average Bonchev–Trinajstić information content (AvgIpc) is 2.54. The van der Waals surface area contributed by atoms with Gasteiger partial charge < -0.3 is 14.2 Å². The van der Waals surface area contributed by atoms with Crippen molar-refractivity contribution in [3.05, 3.63) is 53.7 Å². The Labute approximate surface area is 133 Å². The van der Waals surface area contributed by atoms with Crippen molar-refractivity contribution in [2.75, 3.05) is 7.11 Å². The fraction of sp³-hybridized carbons (Fsp3) is 0.235. The lowest BCUT2D eigenvalue weighted by Gasteiger charge is -2.29. The third-order valence-electron chi connectivity index (χ3n) is 3.20. The molecule has 0 unspecified atom stereocenters. The Hall–Kier alpha value is -2.89. The number of aromatic nitrogens is 1. The van der Waals surface area contributed by atoms with Gasteiger partial charge in [-0.1, -0.05) is 6.07 Å². The van der Waals surface area contributed by atoms with E-state index in [1.807, 2.05) is 19.9 Å². The van der Waals surface area contributed by atoms with Crippen LogP contribution in [0.3, 0.4) is 0 Å². The zero-order valence-corrected chi connectivity index (χ0v) is 13.1. The number of aliphatic imine (C=N–C) groups is 1. The molecule has 23 heavy (non-hydrogen) atoms. The van der Waals surface area contributed by atoms with Gasteiger partial charge in [0.1, 0.15) is 5.75 Å². The summed E-state index contributed by atoms with van der Waals surface area (Å²) in [6, 6.07) is 10.3. The van der Waals surface area contributed by atoms with Crippen molar-refractivity contribution in [1.82, 2.24) is 4.98 Å². The Kier molecular flexibility index (Phi) is 3.73. The molecule has 6 nitrogen and oxygen atoms in total. The van der Waals surface area contributed by atoms with Crippen LogP contribution in [0.15, 0.2) is 47.6 Å². The molecule has 0 amide bonds. The van der Waals surface area contributed by atoms with E-state index in [-0.39, 0.29) is 0 Å². The summed E-state index contributed by atoms with van der Waals surface area (Å²) in [6.45, 7) is 3.65. The van der Waals surface area contributed by atoms with Crippen LogP contribution >= 0.6 is 0 Å². The number of hydrogen-bond acceptors (Lipinski definition) is 6. The van der Waals surface area contributed by atoms with Crippen molar-refractivity contribution >= 4 is 11.9 Å². The van der Waals surface area contributed by atoms with Crippen LogP contribution in [0.1, 0.15) is 29.8 Å². The summed E-state index contributed by atoms with van der Waals surface area (Å²) in [7, 11) is 1.33. The van der Waals surface area contributed by atoms with Crippen molar-refractivity contribution in [3.8, 4) is 11.6 Å². The molecule has 2 aromatic rings. The fourth-order valence-corrected chi connectivity index (χ4v) is 2.21. The van der Waals surface area contributed by atoms with Crippen LogP contribution in [-0.2, 0) is 4.74 Å². The van der Waals surface area contributed by atoms with E-state index < -0.39 is 11.7 Å². The van der Waals surface area contributed by atoms with Gasteiger partial charge in [-0.3, -0.25) is 0 Å². The van der Waals surface area contributed by atoms with Gasteiger partial charge >= 0.3 is 5.97 Å². The predicted octanol–water partition coefficient (Wildman–Crippen LogP) is 2.82. The minimum atomic E-state index is -0.774. The molecule has 3 rings (SSSR count). The normalized spacial score (nSPS) is 15.0. The Morgan fingerprint density at radius 2 is 2.04 bits per heavy atom. The number of rotatable bonds is 2. The molecule has 0 radical (unpaired) electrons. The van der Waals surface area contributed by atoms with Crippen LogP contribution in [0, 0.1) is 0 Å². The SMILES string of the molecule is COC(=O)c1ccc2c(c1)C(Oc1ccccn1)=NC(C)(C)O2. The molecule has 0 saturated carbocycles. The van der Waals surface area contributed by atoms with Crippen LogP contribution in [0.4, 0.5) is 0 Å². The Morgan fingerprint density at radius 3 is 2.74 bits per heavy atom. The van der Waals surface area contributed by atoms with Gasteiger partial charge in [0.2, 0.25) is 11.8 Å². The second kappa shape index (κ2) is 5.72. The first kappa shape index (κ1) is 15.0. The smallest absolute Gasteiger partial charge is 0.337 e. The summed E-state index contributed by atoms with van der Waals surface area (Å²) >= 11 is 0. The predicted molar refractivity (Wildman–Crippen MR) is 83.9 cm³/mol. The van der Waals surface area contributed by atoms with Gasteiger partial charge in [0.25, 0.3) is 0 Å². The summed E-state index contributed by atoms with van der Waals surface area (Å²) in [4.78, 5) is 20.3. The zero-order valence-electron chi connectivity index (χ0n) is 13.1.